The zero-order valence-corrected chi connectivity index (χ0v) is 24.6. The fraction of sp³-hybridized carbons (Fsp3) is 0.500. The topological polar surface area (TPSA) is 104 Å². The van der Waals surface area contributed by atoms with Gasteiger partial charge in [0, 0.05) is 30.3 Å². The van der Waals surface area contributed by atoms with Crippen LogP contribution in [0.15, 0.2) is 48.5 Å². The van der Waals surface area contributed by atoms with Crippen LogP contribution in [0.3, 0.4) is 0 Å². The van der Waals surface area contributed by atoms with Gasteiger partial charge in [0.15, 0.2) is 0 Å². The Morgan fingerprint density at radius 1 is 1.03 bits per heavy atom. The zero-order chi connectivity index (χ0) is 28.4. The van der Waals surface area contributed by atoms with Crippen molar-refractivity contribution in [2.45, 2.75) is 78.9 Å². The highest BCUT2D eigenvalue weighted by molar-refractivity contribution is 7.80. The lowest BCUT2D eigenvalue weighted by Gasteiger charge is -2.35. The number of hydrogen-bond donors (Lipinski definition) is 3. The molecule has 0 unspecified atom stereocenters. The molecule has 2 N–H and O–H groups in total. The fourth-order valence-corrected chi connectivity index (χ4v) is 5.08. The second-order valence-corrected chi connectivity index (χ2v) is 11.2. The fourth-order valence-electron chi connectivity index (χ4n) is 4.84. The molecule has 0 aliphatic carbocycles. The molecule has 39 heavy (non-hydrogen) atoms. The Morgan fingerprint density at radius 3 is 2.28 bits per heavy atom. The predicted octanol–water partition coefficient (Wildman–Crippen LogP) is 5.54. The number of benzene rings is 2. The molecule has 0 aliphatic heterocycles. The van der Waals surface area contributed by atoms with E-state index in [9.17, 15) is 9.59 Å². The van der Waals surface area contributed by atoms with Gasteiger partial charge in [0.1, 0.15) is 6.04 Å². The van der Waals surface area contributed by atoms with Crippen LogP contribution in [0.1, 0.15) is 65.9 Å². The summed E-state index contributed by atoms with van der Waals surface area (Å²) in [6, 6.07) is 15.4. The van der Waals surface area contributed by atoms with Crippen molar-refractivity contribution in [3.63, 3.8) is 0 Å². The van der Waals surface area contributed by atoms with E-state index in [1.54, 1.807) is 4.90 Å². The number of aromatic nitrogens is 4. The van der Waals surface area contributed by atoms with Gasteiger partial charge in [-0.1, -0.05) is 89.6 Å². The van der Waals surface area contributed by atoms with Crippen molar-refractivity contribution < 1.29 is 9.59 Å². The number of carbonyl (C=O) groups is 2. The number of tetrazole rings is 1. The highest BCUT2D eigenvalue weighted by Crippen LogP contribution is 2.30. The van der Waals surface area contributed by atoms with Gasteiger partial charge in [0.05, 0.1) is 0 Å². The van der Waals surface area contributed by atoms with Crippen molar-refractivity contribution in [1.82, 2.24) is 30.8 Å². The second kappa shape index (κ2) is 14.8. The van der Waals surface area contributed by atoms with Gasteiger partial charge in [-0.05, 0) is 46.6 Å². The minimum atomic E-state index is -0.567. The molecule has 0 radical (unpaired) electrons. The van der Waals surface area contributed by atoms with E-state index in [2.05, 4.69) is 59.3 Å². The number of nitrogens with zero attached hydrogens (tertiary/aromatic N) is 4. The van der Waals surface area contributed by atoms with Crippen LogP contribution in [0, 0.1) is 11.8 Å². The third kappa shape index (κ3) is 8.39. The SMILES string of the molecule is CCCCC(=O)N(Cc1ccc(-c2ccccc2-c2nn[nH]n2)cc1)[C@H](C(=O)N[C@@H](CS)CC(C)C)C(C)C. The maximum Gasteiger partial charge on any atom is 0.243 e. The molecular weight excluding hydrogens is 508 g/mol. The first-order valence-electron chi connectivity index (χ1n) is 13.9. The average Bonchev–Trinajstić information content (AvgIpc) is 3.46. The molecule has 0 saturated heterocycles. The number of rotatable bonds is 14. The Bertz CT molecular complexity index is 1180. The highest BCUT2D eigenvalue weighted by Gasteiger charge is 2.33. The molecule has 0 saturated carbocycles. The van der Waals surface area contributed by atoms with E-state index < -0.39 is 6.04 Å². The largest absolute Gasteiger partial charge is 0.351 e. The predicted molar refractivity (Wildman–Crippen MR) is 159 cm³/mol. The van der Waals surface area contributed by atoms with E-state index in [1.165, 1.54) is 0 Å². The van der Waals surface area contributed by atoms with E-state index in [0.29, 0.717) is 30.5 Å². The van der Waals surface area contributed by atoms with Crippen molar-refractivity contribution in [2.75, 3.05) is 5.75 Å². The van der Waals surface area contributed by atoms with E-state index in [-0.39, 0.29) is 23.8 Å². The molecule has 3 rings (SSSR count). The molecule has 0 spiro atoms. The van der Waals surface area contributed by atoms with Crippen molar-refractivity contribution in [2.24, 2.45) is 11.8 Å². The standard InChI is InChI=1S/C30H42N6O2S/c1-6-7-12-27(37)36(28(21(4)5)30(38)31-24(19-39)17-20(2)3)18-22-13-15-23(16-14-22)25-10-8-9-11-26(25)29-32-34-35-33-29/h8-11,13-16,20-21,24,28,39H,6-7,12,17-19H2,1-5H3,(H,31,38)(H,32,33,34,35)/t24-,28+/m1/s1. The Hall–Kier alpha value is -3.20. The summed E-state index contributed by atoms with van der Waals surface area (Å²) in [5, 5.41) is 17.6. The van der Waals surface area contributed by atoms with Gasteiger partial charge in [-0.15, -0.1) is 10.2 Å². The van der Waals surface area contributed by atoms with Gasteiger partial charge >= 0.3 is 0 Å². The maximum absolute atomic E-state index is 13.6. The summed E-state index contributed by atoms with van der Waals surface area (Å²) >= 11 is 4.46. The lowest BCUT2D eigenvalue weighted by molar-refractivity contribution is -0.143. The van der Waals surface area contributed by atoms with Crippen molar-refractivity contribution in [3.8, 4) is 22.5 Å². The Labute approximate surface area is 237 Å². The molecular formula is C30H42N6O2S. The van der Waals surface area contributed by atoms with Crippen LogP contribution in [0.5, 0.6) is 0 Å². The number of nitrogens with one attached hydrogen (secondary N) is 2. The quantitative estimate of drug-likeness (QED) is 0.229. The molecule has 2 atom stereocenters. The number of thiol groups is 1. The van der Waals surface area contributed by atoms with Gasteiger partial charge < -0.3 is 10.2 Å². The number of amides is 2. The summed E-state index contributed by atoms with van der Waals surface area (Å²) in [7, 11) is 0. The highest BCUT2D eigenvalue weighted by atomic mass is 32.1. The van der Waals surface area contributed by atoms with E-state index in [1.807, 2.05) is 62.4 Å². The van der Waals surface area contributed by atoms with E-state index in [0.717, 1.165) is 41.5 Å². The molecule has 3 aromatic rings. The summed E-state index contributed by atoms with van der Waals surface area (Å²) < 4.78 is 0. The average molecular weight is 551 g/mol. The van der Waals surface area contributed by atoms with Gasteiger partial charge in [-0.3, -0.25) is 9.59 Å². The second-order valence-electron chi connectivity index (χ2n) is 10.8. The summed E-state index contributed by atoms with van der Waals surface area (Å²) in [4.78, 5) is 28.8. The van der Waals surface area contributed by atoms with E-state index in [4.69, 9.17) is 0 Å². The van der Waals surface area contributed by atoms with Gasteiger partial charge in [-0.25, -0.2) is 0 Å². The molecule has 1 aromatic heterocycles. The van der Waals surface area contributed by atoms with Crippen molar-refractivity contribution in [3.05, 3.63) is 54.1 Å². The number of unbranched alkanes of at least 4 members (excludes halogenated alkanes) is 1. The summed E-state index contributed by atoms with van der Waals surface area (Å²) in [6.07, 6.45) is 2.98. The molecule has 0 aliphatic rings. The van der Waals surface area contributed by atoms with Crippen LogP contribution in [0.4, 0.5) is 0 Å². The van der Waals surface area contributed by atoms with E-state index >= 15 is 0 Å². The molecule has 0 fully saturated rings. The molecule has 9 heteroatoms. The third-order valence-electron chi connectivity index (χ3n) is 6.75. The molecule has 2 amide bonds. The summed E-state index contributed by atoms with van der Waals surface area (Å²) in [5.74, 6) is 1.38. The van der Waals surface area contributed by atoms with Crippen molar-refractivity contribution >= 4 is 24.4 Å². The van der Waals surface area contributed by atoms with Crippen LogP contribution in [0.2, 0.25) is 0 Å². The number of H-pyrrole nitrogens is 1. The number of aromatic amines is 1. The molecule has 8 nitrogen and oxygen atoms in total. The van der Waals surface area contributed by atoms with Crippen molar-refractivity contribution in [1.29, 1.82) is 0 Å². The third-order valence-corrected chi connectivity index (χ3v) is 7.20. The molecule has 0 bridgehead atoms. The molecule has 1 heterocycles. The molecule has 210 valence electrons. The van der Waals surface area contributed by atoms with Crippen LogP contribution in [-0.4, -0.2) is 55.2 Å². The molecule has 2 aromatic carbocycles. The number of carbonyl (C=O) groups excluding carboxylic acids is 2. The normalized spacial score (nSPS) is 12.9. The monoisotopic (exact) mass is 550 g/mol. The maximum atomic E-state index is 13.6. The minimum absolute atomic E-state index is 0.00325. The smallest absolute Gasteiger partial charge is 0.243 e. The van der Waals surface area contributed by atoms with Crippen LogP contribution >= 0.6 is 12.6 Å². The Balaban J connectivity index is 1.87. The lowest BCUT2D eigenvalue weighted by atomic mass is 9.96. The zero-order valence-electron chi connectivity index (χ0n) is 23.7. The Morgan fingerprint density at radius 2 is 1.72 bits per heavy atom. The van der Waals surface area contributed by atoms with Gasteiger partial charge in [-0.2, -0.15) is 17.8 Å². The van der Waals surface area contributed by atoms with Gasteiger partial charge in [0.25, 0.3) is 0 Å². The van der Waals surface area contributed by atoms with Crippen LogP contribution in [-0.2, 0) is 16.1 Å². The van der Waals surface area contributed by atoms with Crippen LogP contribution < -0.4 is 5.32 Å². The minimum Gasteiger partial charge on any atom is -0.351 e. The summed E-state index contributed by atoms with van der Waals surface area (Å²) in [6.45, 7) is 10.7. The first-order valence-corrected chi connectivity index (χ1v) is 14.5. The van der Waals surface area contributed by atoms with Gasteiger partial charge in [0.2, 0.25) is 17.6 Å². The Kier molecular flexibility index (Phi) is 11.5. The lowest BCUT2D eigenvalue weighted by Crippen LogP contribution is -2.54. The first kappa shape index (κ1) is 30.3. The number of hydrogen-bond acceptors (Lipinski definition) is 6. The van der Waals surface area contributed by atoms with Crippen LogP contribution in [0.25, 0.3) is 22.5 Å². The first-order chi connectivity index (χ1) is 18.7. The summed E-state index contributed by atoms with van der Waals surface area (Å²) in [5.41, 5.74) is 3.84.